The monoisotopic (exact) mass is 371 g/mol. The molecule has 0 saturated heterocycles. The maximum Gasteiger partial charge on any atom is 0.268 e. The molecule has 6 nitrogen and oxygen atoms in total. The largest absolute Gasteiger partial charge is 0.491 e. The van der Waals surface area contributed by atoms with Crippen molar-refractivity contribution in [1.82, 2.24) is 15.3 Å². The second-order valence-corrected chi connectivity index (χ2v) is 6.84. The Bertz CT molecular complexity index is 1050. The number of hydrogen-bond donors (Lipinski definition) is 3. The molecule has 0 saturated carbocycles. The highest BCUT2D eigenvalue weighted by Gasteiger charge is 2.26. The Morgan fingerprint density at radius 3 is 2.96 bits per heavy atom. The molecule has 134 valence electrons. The predicted octanol–water partition coefficient (Wildman–Crippen LogP) is 3.33. The summed E-state index contributed by atoms with van der Waals surface area (Å²) >= 11 is 6.13. The van der Waals surface area contributed by atoms with Crippen LogP contribution in [0.25, 0.3) is 10.9 Å². The molecule has 2 heterocycles. The van der Waals surface area contributed by atoms with Crippen LogP contribution >= 0.6 is 11.6 Å². The molecule has 0 aliphatic heterocycles. The number of amides is 1. The number of fused-ring (bicyclic) bond motifs is 3. The molecule has 0 unspecified atom stereocenters. The molecule has 1 aliphatic carbocycles. The molecular formula is C19H18ClN3O3. The first-order valence-electron chi connectivity index (χ1n) is 8.44. The van der Waals surface area contributed by atoms with Gasteiger partial charge in [0.05, 0.1) is 13.2 Å². The Kier molecular flexibility index (Phi) is 4.20. The molecule has 0 bridgehead atoms. The molecule has 1 atom stereocenters. The van der Waals surface area contributed by atoms with E-state index in [4.69, 9.17) is 16.3 Å². The molecule has 0 radical (unpaired) electrons. The molecule has 0 fully saturated rings. The Labute approximate surface area is 154 Å². The van der Waals surface area contributed by atoms with Gasteiger partial charge in [0.2, 0.25) is 5.43 Å². The number of ether oxygens (including phenoxy) is 1. The maximum absolute atomic E-state index is 12.6. The summed E-state index contributed by atoms with van der Waals surface area (Å²) in [6, 6.07) is 6.88. The smallest absolute Gasteiger partial charge is 0.268 e. The standard InChI is InChI=1S/C19H18ClN3O3/c1-26-17-9-21-15(8-16(17)24)19(25)23-14-4-2-3-11-12-7-10(20)5-6-13(12)22-18(11)14/h5-9,14,22H,2-4H2,1H3,(H,21,24)(H,23,25)/t14-/m0/s1. The van der Waals surface area contributed by atoms with Crippen molar-refractivity contribution in [3.63, 3.8) is 0 Å². The highest BCUT2D eigenvalue weighted by molar-refractivity contribution is 6.31. The Morgan fingerprint density at radius 1 is 1.35 bits per heavy atom. The van der Waals surface area contributed by atoms with Crippen LogP contribution in [-0.4, -0.2) is 23.0 Å². The van der Waals surface area contributed by atoms with E-state index >= 15 is 0 Å². The summed E-state index contributed by atoms with van der Waals surface area (Å²) in [5, 5.41) is 4.81. The lowest BCUT2D eigenvalue weighted by Gasteiger charge is -2.23. The second-order valence-electron chi connectivity index (χ2n) is 6.40. The van der Waals surface area contributed by atoms with Crippen LogP contribution in [0.2, 0.25) is 5.02 Å². The third kappa shape index (κ3) is 2.86. The molecular weight excluding hydrogens is 354 g/mol. The number of H-pyrrole nitrogens is 2. The molecule has 7 heteroatoms. The first-order chi connectivity index (χ1) is 12.6. The van der Waals surface area contributed by atoms with E-state index in [1.165, 1.54) is 24.9 Å². The van der Waals surface area contributed by atoms with Gasteiger partial charge in [0.25, 0.3) is 5.91 Å². The lowest BCUT2D eigenvalue weighted by molar-refractivity contribution is 0.0926. The van der Waals surface area contributed by atoms with E-state index in [2.05, 4.69) is 15.3 Å². The van der Waals surface area contributed by atoms with Gasteiger partial charge in [0.1, 0.15) is 5.69 Å². The molecule has 3 N–H and O–H groups in total. The molecule has 0 spiro atoms. The number of rotatable bonds is 3. The third-order valence-corrected chi connectivity index (χ3v) is 5.05. The fourth-order valence-electron chi connectivity index (χ4n) is 3.56. The number of carbonyl (C=O) groups excluding carboxylic acids is 1. The predicted molar refractivity (Wildman–Crippen MR) is 100 cm³/mol. The van der Waals surface area contributed by atoms with E-state index in [1.807, 2.05) is 18.2 Å². The fraction of sp³-hybridized carbons (Fsp3) is 0.263. The fourth-order valence-corrected chi connectivity index (χ4v) is 3.74. The van der Waals surface area contributed by atoms with Crippen LogP contribution in [0.3, 0.4) is 0 Å². The summed E-state index contributed by atoms with van der Waals surface area (Å²) in [6.45, 7) is 0. The number of nitrogens with one attached hydrogen (secondary N) is 3. The third-order valence-electron chi connectivity index (χ3n) is 4.82. The Balaban J connectivity index is 1.64. The van der Waals surface area contributed by atoms with Crippen LogP contribution in [0.1, 0.15) is 40.6 Å². The number of hydrogen-bond acceptors (Lipinski definition) is 3. The van der Waals surface area contributed by atoms with E-state index in [0.717, 1.165) is 35.9 Å². The van der Waals surface area contributed by atoms with Crippen LogP contribution in [-0.2, 0) is 6.42 Å². The highest BCUT2D eigenvalue weighted by atomic mass is 35.5. The van der Waals surface area contributed by atoms with Crippen molar-refractivity contribution in [3.8, 4) is 5.75 Å². The van der Waals surface area contributed by atoms with Crippen LogP contribution in [0.5, 0.6) is 5.75 Å². The Morgan fingerprint density at radius 2 is 2.19 bits per heavy atom. The zero-order valence-corrected chi connectivity index (χ0v) is 14.9. The van der Waals surface area contributed by atoms with Crippen molar-refractivity contribution in [1.29, 1.82) is 0 Å². The Hall–Kier alpha value is -2.73. The first-order valence-corrected chi connectivity index (χ1v) is 8.82. The maximum atomic E-state index is 12.6. The number of pyridine rings is 1. The van der Waals surface area contributed by atoms with Crippen molar-refractivity contribution in [2.45, 2.75) is 25.3 Å². The number of halogens is 1. The van der Waals surface area contributed by atoms with E-state index < -0.39 is 0 Å². The van der Waals surface area contributed by atoms with Crippen molar-refractivity contribution in [2.24, 2.45) is 0 Å². The zero-order chi connectivity index (χ0) is 18.3. The average Bonchev–Trinajstić information content (AvgIpc) is 3.00. The van der Waals surface area contributed by atoms with Crippen LogP contribution in [0.15, 0.2) is 35.3 Å². The summed E-state index contributed by atoms with van der Waals surface area (Å²) in [6.07, 6.45) is 4.14. The number of carbonyl (C=O) groups is 1. The molecule has 1 aliphatic rings. The summed E-state index contributed by atoms with van der Waals surface area (Å²) in [7, 11) is 1.41. The highest BCUT2D eigenvalue weighted by Crippen LogP contribution is 2.35. The quantitative estimate of drug-likeness (QED) is 0.660. The van der Waals surface area contributed by atoms with Gasteiger partial charge in [-0.1, -0.05) is 11.6 Å². The lowest BCUT2D eigenvalue weighted by atomic mass is 9.91. The van der Waals surface area contributed by atoms with Gasteiger partial charge in [-0.15, -0.1) is 0 Å². The van der Waals surface area contributed by atoms with Crippen molar-refractivity contribution in [2.75, 3.05) is 7.11 Å². The minimum Gasteiger partial charge on any atom is -0.491 e. The van der Waals surface area contributed by atoms with Crippen molar-refractivity contribution in [3.05, 3.63) is 62.7 Å². The number of aromatic nitrogens is 2. The molecule has 1 aromatic carbocycles. The molecule has 1 amide bonds. The summed E-state index contributed by atoms with van der Waals surface area (Å²) in [5.74, 6) is -0.145. The molecule has 26 heavy (non-hydrogen) atoms. The van der Waals surface area contributed by atoms with Crippen LogP contribution in [0.4, 0.5) is 0 Å². The normalized spacial score (nSPS) is 16.3. The van der Waals surface area contributed by atoms with Gasteiger partial charge in [-0.3, -0.25) is 9.59 Å². The molecule has 4 rings (SSSR count). The zero-order valence-electron chi connectivity index (χ0n) is 14.2. The van der Waals surface area contributed by atoms with Gasteiger partial charge in [0, 0.05) is 33.9 Å². The van der Waals surface area contributed by atoms with Crippen LogP contribution in [0, 0.1) is 0 Å². The van der Waals surface area contributed by atoms with E-state index in [1.54, 1.807) is 0 Å². The SMILES string of the molecule is COc1c[nH]c(C(=O)N[C@H]2CCCc3c2[nH]c2ccc(Cl)cc32)cc1=O. The second kappa shape index (κ2) is 6.53. The van der Waals surface area contributed by atoms with Crippen molar-refractivity contribution < 1.29 is 9.53 Å². The van der Waals surface area contributed by atoms with Crippen LogP contribution < -0.4 is 15.5 Å². The van der Waals surface area contributed by atoms with E-state index in [0.29, 0.717) is 5.02 Å². The molecule has 2 aromatic heterocycles. The van der Waals surface area contributed by atoms with Gasteiger partial charge < -0.3 is 20.0 Å². The number of benzene rings is 1. The van der Waals surface area contributed by atoms with Gasteiger partial charge in [-0.05, 0) is 43.0 Å². The van der Waals surface area contributed by atoms with E-state index in [-0.39, 0.29) is 28.8 Å². The van der Waals surface area contributed by atoms with Gasteiger partial charge in [-0.25, -0.2) is 0 Å². The summed E-state index contributed by atoms with van der Waals surface area (Å²) in [4.78, 5) is 30.7. The summed E-state index contributed by atoms with van der Waals surface area (Å²) < 4.78 is 4.93. The summed E-state index contributed by atoms with van der Waals surface area (Å²) in [5.41, 5.74) is 3.10. The van der Waals surface area contributed by atoms with Gasteiger partial charge in [0.15, 0.2) is 5.75 Å². The van der Waals surface area contributed by atoms with Gasteiger partial charge in [-0.2, -0.15) is 0 Å². The number of aromatic amines is 2. The topological polar surface area (TPSA) is 87.0 Å². The average molecular weight is 372 g/mol. The first kappa shape index (κ1) is 16.7. The minimum atomic E-state index is -0.332. The minimum absolute atomic E-state index is 0.136. The number of methoxy groups -OCH3 is 1. The molecule has 3 aromatic rings. The number of aryl methyl sites for hydroxylation is 1. The van der Waals surface area contributed by atoms with E-state index in [9.17, 15) is 9.59 Å². The van der Waals surface area contributed by atoms with Gasteiger partial charge >= 0.3 is 0 Å². The lowest BCUT2D eigenvalue weighted by Crippen LogP contribution is -2.32. The van der Waals surface area contributed by atoms with Crippen molar-refractivity contribution >= 4 is 28.4 Å².